The number of aliphatic carboxylic acids is 1. The molecule has 1 atom stereocenters. The molecule has 120 valence electrons. The van der Waals surface area contributed by atoms with Gasteiger partial charge in [0.15, 0.2) is 0 Å². The Balaban J connectivity index is 2.35. The summed E-state index contributed by atoms with van der Waals surface area (Å²) >= 11 is 0. The number of rotatable bonds is 9. The van der Waals surface area contributed by atoms with E-state index in [1.165, 1.54) is 7.11 Å². The molecule has 0 radical (unpaired) electrons. The van der Waals surface area contributed by atoms with Crippen LogP contribution in [-0.4, -0.2) is 42.8 Å². The first-order valence-electron chi connectivity index (χ1n) is 7.26. The highest BCUT2D eigenvalue weighted by molar-refractivity contribution is 5.83. The van der Waals surface area contributed by atoms with Crippen molar-refractivity contribution in [3.63, 3.8) is 0 Å². The molecule has 1 rings (SSSR count). The van der Waals surface area contributed by atoms with Gasteiger partial charge in [-0.05, 0) is 31.1 Å². The molecular formula is C14H24N2O5. The number of hydrogen-bond donors (Lipinski definition) is 3. The van der Waals surface area contributed by atoms with E-state index in [1.807, 2.05) is 0 Å². The van der Waals surface area contributed by atoms with E-state index in [0.717, 1.165) is 25.7 Å². The van der Waals surface area contributed by atoms with Gasteiger partial charge in [0.1, 0.15) is 6.04 Å². The first-order valence-corrected chi connectivity index (χ1v) is 7.26. The predicted octanol–water partition coefficient (Wildman–Crippen LogP) is 1.27. The lowest BCUT2D eigenvalue weighted by molar-refractivity contribution is -0.142. The maximum atomic E-state index is 11.7. The third kappa shape index (κ3) is 6.01. The Hall–Kier alpha value is -1.79. The molecule has 0 aromatic heterocycles. The number of methoxy groups -OCH3 is 1. The average molecular weight is 300 g/mol. The summed E-state index contributed by atoms with van der Waals surface area (Å²) in [6.07, 6.45) is 4.30. The Bertz CT molecular complexity index is 393. The zero-order valence-electron chi connectivity index (χ0n) is 12.6. The molecule has 0 heterocycles. The molecule has 0 aromatic carbocycles. The second-order valence-corrected chi connectivity index (χ2v) is 5.58. The fourth-order valence-electron chi connectivity index (χ4n) is 2.32. The van der Waals surface area contributed by atoms with Gasteiger partial charge in [-0.25, -0.2) is 9.59 Å². The highest BCUT2D eigenvalue weighted by Gasteiger charge is 2.41. The summed E-state index contributed by atoms with van der Waals surface area (Å²) in [5.41, 5.74) is 0.205. The van der Waals surface area contributed by atoms with Crippen molar-refractivity contribution in [3.05, 3.63) is 0 Å². The summed E-state index contributed by atoms with van der Waals surface area (Å²) in [5.74, 6) is -1.66. The Kier molecular flexibility index (Phi) is 6.45. The van der Waals surface area contributed by atoms with Crippen LogP contribution in [0.25, 0.3) is 0 Å². The van der Waals surface area contributed by atoms with Crippen LogP contribution in [0.15, 0.2) is 0 Å². The van der Waals surface area contributed by atoms with Crippen LogP contribution in [-0.2, 0) is 14.3 Å². The van der Waals surface area contributed by atoms with Crippen LogP contribution in [0, 0.1) is 5.41 Å². The summed E-state index contributed by atoms with van der Waals surface area (Å²) in [7, 11) is 1.24. The monoisotopic (exact) mass is 300 g/mol. The molecule has 7 nitrogen and oxygen atoms in total. The molecule has 0 bridgehead atoms. The predicted molar refractivity (Wildman–Crippen MR) is 75.8 cm³/mol. The number of nitrogens with one attached hydrogen (secondary N) is 2. The molecule has 2 amide bonds. The fourth-order valence-corrected chi connectivity index (χ4v) is 2.32. The number of ether oxygens (including phenoxy) is 1. The number of urea groups is 1. The maximum Gasteiger partial charge on any atom is 0.326 e. The number of carboxylic acids is 1. The second kappa shape index (κ2) is 7.85. The van der Waals surface area contributed by atoms with Gasteiger partial charge in [0, 0.05) is 13.0 Å². The molecule has 0 unspecified atom stereocenters. The van der Waals surface area contributed by atoms with Crippen molar-refractivity contribution in [2.45, 2.75) is 51.5 Å². The molecule has 1 saturated carbocycles. The van der Waals surface area contributed by atoms with Gasteiger partial charge in [0.2, 0.25) is 0 Å². The van der Waals surface area contributed by atoms with Gasteiger partial charge < -0.3 is 20.5 Å². The van der Waals surface area contributed by atoms with Crippen molar-refractivity contribution in [3.8, 4) is 0 Å². The Morgan fingerprint density at radius 3 is 2.48 bits per heavy atom. The van der Waals surface area contributed by atoms with E-state index in [4.69, 9.17) is 5.11 Å². The summed E-state index contributed by atoms with van der Waals surface area (Å²) < 4.78 is 4.45. The first kappa shape index (κ1) is 17.3. The van der Waals surface area contributed by atoms with Crippen LogP contribution in [0.4, 0.5) is 4.79 Å². The summed E-state index contributed by atoms with van der Waals surface area (Å²) in [5, 5.41) is 14.1. The highest BCUT2D eigenvalue weighted by Crippen LogP contribution is 2.48. The van der Waals surface area contributed by atoms with Gasteiger partial charge in [-0.1, -0.05) is 13.3 Å². The molecule has 21 heavy (non-hydrogen) atoms. The zero-order valence-corrected chi connectivity index (χ0v) is 12.6. The molecule has 0 spiro atoms. The van der Waals surface area contributed by atoms with Crippen molar-refractivity contribution >= 4 is 18.0 Å². The second-order valence-electron chi connectivity index (χ2n) is 5.58. The van der Waals surface area contributed by atoms with Crippen LogP contribution >= 0.6 is 0 Å². The van der Waals surface area contributed by atoms with Gasteiger partial charge in [0.25, 0.3) is 0 Å². The number of hydrogen-bond acceptors (Lipinski definition) is 4. The molecule has 1 fully saturated rings. The van der Waals surface area contributed by atoms with Gasteiger partial charge in [-0.2, -0.15) is 0 Å². The number of carbonyl (C=O) groups is 3. The molecule has 1 aliphatic carbocycles. The van der Waals surface area contributed by atoms with E-state index in [-0.39, 0.29) is 18.3 Å². The Labute approximate surface area is 124 Å². The summed E-state index contributed by atoms with van der Waals surface area (Å²) in [6.45, 7) is 2.67. The largest absolute Gasteiger partial charge is 0.480 e. The van der Waals surface area contributed by atoms with E-state index in [1.54, 1.807) is 0 Å². The van der Waals surface area contributed by atoms with Crippen LogP contribution in [0.3, 0.4) is 0 Å². The van der Waals surface area contributed by atoms with Crippen LogP contribution < -0.4 is 10.6 Å². The quantitative estimate of drug-likeness (QED) is 0.556. The number of esters is 1. The molecular weight excluding hydrogens is 276 g/mol. The van der Waals surface area contributed by atoms with Gasteiger partial charge in [0.05, 0.1) is 7.11 Å². The van der Waals surface area contributed by atoms with E-state index in [0.29, 0.717) is 6.54 Å². The third-order valence-corrected chi connectivity index (χ3v) is 3.83. The van der Waals surface area contributed by atoms with Crippen LogP contribution in [0.5, 0.6) is 0 Å². The van der Waals surface area contributed by atoms with Gasteiger partial charge in [-0.15, -0.1) is 0 Å². The smallest absolute Gasteiger partial charge is 0.326 e. The minimum absolute atomic E-state index is 0.00945. The molecule has 1 aliphatic rings. The zero-order chi connectivity index (χ0) is 15.9. The molecule has 0 aliphatic heterocycles. The van der Waals surface area contributed by atoms with E-state index < -0.39 is 24.0 Å². The van der Waals surface area contributed by atoms with Gasteiger partial charge >= 0.3 is 18.0 Å². The minimum Gasteiger partial charge on any atom is -0.480 e. The summed E-state index contributed by atoms with van der Waals surface area (Å²) in [6, 6.07) is -1.60. The van der Waals surface area contributed by atoms with Crippen LogP contribution in [0.2, 0.25) is 0 Å². The summed E-state index contributed by atoms with van der Waals surface area (Å²) in [4.78, 5) is 33.8. The van der Waals surface area contributed by atoms with Crippen molar-refractivity contribution in [2.24, 2.45) is 5.41 Å². The van der Waals surface area contributed by atoms with E-state index in [2.05, 4.69) is 22.3 Å². The van der Waals surface area contributed by atoms with Crippen LogP contribution in [0.1, 0.15) is 45.4 Å². The number of carbonyl (C=O) groups excluding carboxylic acids is 2. The molecule has 0 aromatic rings. The molecule has 7 heteroatoms. The fraction of sp³-hybridized carbons (Fsp3) is 0.786. The van der Waals surface area contributed by atoms with Crippen molar-refractivity contribution in [2.75, 3.05) is 13.7 Å². The lowest BCUT2D eigenvalue weighted by Gasteiger charge is -2.18. The number of amides is 2. The molecule has 3 N–H and O–H groups in total. The lowest BCUT2D eigenvalue weighted by atomic mass is 10.0. The van der Waals surface area contributed by atoms with Crippen molar-refractivity contribution in [1.29, 1.82) is 0 Å². The first-order chi connectivity index (χ1) is 9.92. The van der Waals surface area contributed by atoms with Crippen molar-refractivity contribution in [1.82, 2.24) is 10.6 Å². The standard InChI is InChI=1S/C14H24N2O5/c1-3-6-14(7-8-14)9-15-13(20)16-10(12(18)19)4-5-11(17)21-2/h10H,3-9H2,1-2H3,(H,18,19)(H2,15,16,20)/t10-/m1/s1. The lowest BCUT2D eigenvalue weighted by Crippen LogP contribution is -2.47. The van der Waals surface area contributed by atoms with Gasteiger partial charge in [-0.3, -0.25) is 4.79 Å². The van der Waals surface area contributed by atoms with E-state index in [9.17, 15) is 14.4 Å². The van der Waals surface area contributed by atoms with E-state index >= 15 is 0 Å². The topological polar surface area (TPSA) is 105 Å². The van der Waals surface area contributed by atoms with Crippen molar-refractivity contribution < 1.29 is 24.2 Å². The third-order valence-electron chi connectivity index (χ3n) is 3.83. The number of carboxylic acid groups (broad SMARTS) is 1. The normalized spacial score (nSPS) is 16.7. The Morgan fingerprint density at radius 1 is 1.33 bits per heavy atom. The maximum absolute atomic E-state index is 11.7. The SMILES string of the molecule is CCCC1(CNC(=O)N[C@H](CCC(=O)OC)C(=O)O)CC1. The average Bonchev–Trinajstić information content (AvgIpc) is 3.21. The molecule has 0 saturated heterocycles. The Morgan fingerprint density at radius 2 is 2.00 bits per heavy atom. The minimum atomic E-state index is -1.16. The highest BCUT2D eigenvalue weighted by atomic mass is 16.5.